The highest BCUT2D eigenvalue weighted by Gasteiger charge is 2.32. The number of nitrogens with zero attached hydrogens (tertiary/aromatic N) is 2. The Morgan fingerprint density at radius 1 is 0.878 bits per heavy atom. The number of aryl methyl sites for hydroxylation is 1. The Labute approximate surface area is 244 Å². The first-order valence-corrected chi connectivity index (χ1v) is 16.3. The van der Waals surface area contributed by atoms with Crippen LogP contribution in [0.3, 0.4) is 0 Å². The van der Waals surface area contributed by atoms with E-state index in [4.69, 9.17) is 0 Å². The van der Waals surface area contributed by atoms with Crippen LogP contribution >= 0.6 is 0 Å². The summed E-state index contributed by atoms with van der Waals surface area (Å²) in [5, 5.41) is 3.22. The Bertz CT molecular complexity index is 1370. The number of carbonyl (C=O) groups excluding carboxylic acids is 2. The van der Waals surface area contributed by atoms with E-state index in [1.807, 2.05) is 67.6 Å². The number of sulfonamides is 1. The van der Waals surface area contributed by atoms with Crippen molar-refractivity contribution in [2.75, 3.05) is 17.1 Å². The normalized spacial score (nSPS) is 14.4. The molecule has 3 aromatic carbocycles. The van der Waals surface area contributed by atoms with Crippen molar-refractivity contribution in [1.82, 2.24) is 10.2 Å². The van der Waals surface area contributed by atoms with Gasteiger partial charge in [-0.3, -0.25) is 13.9 Å². The summed E-state index contributed by atoms with van der Waals surface area (Å²) in [7, 11) is -3.53. The smallest absolute Gasteiger partial charge is 0.243 e. The van der Waals surface area contributed by atoms with Crippen molar-refractivity contribution >= 4 is 27.5 Å². The Morgan fingerprint density at radius 2 is 1.49 bits per heavy atom. The minimum absolute atomic E-state index is 0.118. The van der Waals surface area contributed by atoms with Crippen molar-refractivity contribution in [2.45, 2.75) is 70.5 Å². The standard InChI is InChI=1S/C33H41N3O4S/c1-26-19-21-28(22-20-26)25-35(32(37)18-11-23-36(41(2,39)40)30-16-7-4-8-17-30)31(24-27-12-5-3-6-13-27)33(38)34-29-14-9-10-15-29/h3-8,12-13,16-17,19-22,29,31H,9-11,14-15,18,23-25H2,1-2H3,(H,34,38). The van der Waals surface area contributed by atoms with Gasteiger partial charge in [0.1, 0.15) is 6.04 Å². The summed E-state index contributed by atoms with van der Waals surface area (Å²) in [4.78, 5) is 29.4. The van der Waals surface area contributed by atoms with Crippen LogP contribution in [0.25, 0.3) is 0 Å². The molecule has 0 aromatic heterocycles. The van der Waals surface area contributed by atoms with Gasteiger partial charge in [-0.05, 0) is 49.4 Å². The number of amides is 2. The molecule has 8 heteroatoms. The molecular weight excluding hydrogens is 534 g/mol. The highest BCUT2D eigenvalue weighted by atomic mass is 32.2. The van der Waals surface area contributed by atoms with Crippen LogP contribution in [0.4, 0.5) is 5.69 Å². The molecule has 218 valence electrons. The number of benzene rings is 3. The first kappa shape index (κ1) is 30.3. The fourth-order valence-corrected chi connectivity index (χ4v) is 6.38. The van der Waals surface area contributed by atoms with Crippen LogP contribution in [0.5, 0.6) is 0 Å². The highest BCUT2D eigenvalue weighted by molar-refractivity contribution is 7.92. The molecule has 0 spiro atoms. The van der Waals surface area contributed by atoms with Crippen LogP contribution in [0, 0.1) is 6.92 Å². The largest absolute Gasteiger partial charge is 0.352 e. The molecule has 1 fully saturated rings. The van der Waals surface area contributed by atoms with Crippen molar-refractivity contribution in [3.63, 3.8) is 0 Å². The zero-order valence-electron chi connectivity index (χ0n) is 24.0. The van der Waals surface area contributed by atoms with Gasteiger partial charge in [-0.15, -0.1) is 0 Å². The second-order valence-corrected chi connectivity index (χ2v) is 12.9. The molecule has 0 heterocycles. The maximum Gasteiger partial charge on any atom is 0.243 e. The molecule has 1 aliphatic carbocycles. The Kier molecular flexibility index (Phi) is 10.6. The van der Waals surface area contributed by atoms with Crippen molar-refractivity contribution in [3.05, 3.63) is 102 Å². The fourth-order valence-electron chi connectivity index (χ4n) is 5.41. The number of para-hydroxylation sites is 1. The summed E-state index contributed by atoms with van der Waals surface area (Å²) in [6.07, 6.45) is 6.12. The summed E-state index contributed by atoms with van der Waals surface area (Å²) in [5.41, 5.74) is 3.61. The third kappa shape index (κ3) is 8.92. The Hall–Kier alpha value is -3.65. The van der Waals surface area contributed by atoms with Gasteiger partial charge in [0.2, 0.25) is 21.8 Å². The second-order valence-electron chi connectivity index (χ2n) is 11.0. The number of hydrogen-bond donors (Lipinski definition) is 1. The van der Waals surface area contributed by atoms with Crippen molar-refractivity contribution in [3.8, 4) is 0 Å². The van der Waals surface area contributed by atoms with Gasteiger partial charge >= 0.3 is 0 Å². The molecule has 1 saturated carbocycles. The van der Waals surface area contributed by atoms with Crippen LogP contribution in [0.1, 0.15) is 55.2 Å². The van der Waals surface area contributed by atoms with Gasteiger partial charge in [0.15, 0.2) is 0 Å². The molecule has 0 saturated heterocycles. The van der Waals surface area contributed by atoms with Gasteiger partial charge in [0.05, 0.1) is 11.9 Å². The van der Waals surface area contributed by atoms with Crippen molar-refractivity contribution in [2.24, 2.45) is 0 Å². The zero-order valence-corrected chi connectivity index (χ0v) is 24.9. The second kappa shape index (κ2) is 14.3. The molecule has 0 radical (unpaired) electrons. The SMILES string of the molecule is Cc1ccc(CN(C(=O)CCCN(c2ccccc2)S(C)(=O)=O)C(Cc2ccccc2)C(=O)NC2CCCC2)cc1. The summed E-state index contributed by atoms with van der Waals surface area (Å²) in [6, 6.07) is 26.1. The van der Waals surface area contributed by atoms with E-state index in [0.29, 0.717) is 25.1 Å². The van der Waals surface area contributed by atoms with Crippen molar-refractivity contribution in [1.29, 1.82) is 0 Å². The molecule has 7 nitrogen and oxygen atoms in total. The molecule has 1 unspecified atom stereocenters. The molecule has 1 atom stereocenters. The zero-order chi connectivity index (χ0) is 29.2. The van der Waals surface area contributed by atoms with Crippen LogP contribution in [0.15, 0.2) is 84.9 Å². The molecule has 0 aliphatic heterocycles. The Morgan fingerprint density at radius 3 is 2.10 bits per heavy atom. The van der Waals surface area contributed by atoms with Crippen LogP contribution < -0.4 is 9.62 Å². The Balaban J connectivity index is 1.57. The van der Waals surface area contributed by atoms with Crippen molar-refractivity contribution < 1.29 is 18.0 Å². The first-order chi connectivity index (χ1) is 19.7. The highest BCUT2D eigenvalue weighted by Crippen LogP contribution is 2.22. The number of carbonyl (C=O) groups is 2. The van der Waals surface area contributed by atoms with Gasteiger partial charge < -0.3 is 10.2 Å². The fraction of sp³-hybridized carbons (Fsp3) is 0.394. The summed E-state index contributed by atoms with van der Waals surface area (Å²) in [6.45, 7) is 2.48. The maximum absolute atomic E-state index is 13.9. The van der Waals surface area contributed by atoms with Gasteiger partial charge in [-0.25, -0.2) is 8.42 Å². The minimum atomic E-state index is -3.53. The van der Waals surface area contributed by atoms with Crippen LogP contribution in [-0.2, 0) is 32.6 Å². The summed E-state index contributed by atoms with van der Waals surface area (Å²) >= 11 is 0. The minimum Gasteiger partial charge on any atom is -0.352 e. The number of rotatable bonds is 13. The first-order valence-electron chi connectivity index (χ1n) is 14.4. The van der Waals surface area contributed by atoms with E-state index in [9.17, 15) is 18.0 Å². The van der Waals surface area contributed by atoms with E-state index < -0.39 is 16.1 Å². The van der Waals surface area contributed by atoms with E-state index in [-0.39, 0.29) is 30.8 Å². The predicted octanol–water partition coefficient (Wildman–Crippen LogP) is 5.24. The van der Waals surface area contributed by atoms with Gasteiger partial charge in [0, 0.05) is 32.0 Å². The van der Waals surface area contributed by atoms with E-state index in [1.165, 1.54) is 10.6 Å². The molecule has 4 rings (SSSR count). The number of hydrogen-bond acceptors (Lipinski definition) is 4. The topological polar surface area (TPSA) is 86.8 Å². The lowest BCUT2D eigenvalue weighted by Crippen LogP contribution is -2.52. The number of anilines is 1. The summed E-state index contributed by atoms with van der Waals surface area (Å²) in [5.74, 6) is -0.308. The van der Waals surface area contributed by atoms with E-state index in [2.05, 4.69) is 5.32 Å². The average Bonchev–Trinajstić information content (AvgIpc) is 3.47. The summed E-state index contributed by atoms with van der Waals surface area (Å²) < 4.78 is 26.4. The van der Waals surface area contributed by atoms with Gasteiger partial charge in [-0.1, -0.05) is 91.2 Å². The van der Waals surface area contributed by atoms with Gasteiger partial charge in [-0.2, -0.15) is 0 Å². The molecule has 41 heavy (non-hydrogen) atoms. The average molecular weight is 576 g/mol. The van der Waals surface area contributed by atoms with E-state index in [1.54, 1.807) is 29.2 Å². The quantitative estimate of drug-likeness (QED) is 0.302. The lowest BCUT2D eigenvalue weighted by atomic mass is 10.0. The number of nitrogens with one attached hydrogen (secondary N) is 1. The third-order valence-corrected chi connectivity index (χ3v) is 8.84. The van der Waals surface area contributed by atoms with Crippen LogP contribution in [-0.4, -0.2) is 50.0 Å². The predicted molar refractivity (Wildman–Crippen MR) is 164 cm³/mol. The molecule has 2 amide bonds. The van der Waals surface area contributed by atoms with Crippen LogP contribution in [0.2, 0.25) is 0 Å². The molecule has 1 aliphatic rings. The van der Waals surface area contributed by atoms with E-state index in [0.717, 1.165) is 42.4 Å². The van der Waals surface area contributed by atoms with Gasteiger partial charge in [0.25, 0.3) is 0 Å². The maximum atomic E-state index is 13.9. The molecule has 0 bridgehead atoms. The van der Waals surface area contributed by atoms with E-state index >= 15 is 0 Å². The molecule has 3 aromatic rings. The lowest BCUT2D eigenvalue weighted by molar-refractivity contribution is -0.141. The monoisotopic (exact) mass is 575 g/mol. The third-order valence-electron chi connectivity index (χ3n) is 7.64. The molecular formula is C33H41N3O4S. The lowest BCUT2D eigenvalue weighted by Gasteiger charge is -2.33. The molecule has 1 N–H and O–H groups in total.